The molecule has 1 heterocycles. The van der Waals surface area contributed by atoms with Crippen molar-refractivity contribution in [1.82, 2.24) is 20.2 Å². The monoisotopic (exact) mass is 200 g/mol. The zero-order chi connectivity index (χ0) is 10.4. The lowest BCUT2D eigenvalue weighted by atomic mass is 10.4. The predicted molar refractivity (Wildman–Crippen MR) is 45.6 cm³/mol. The van der Waals surface area contributed by atoms with Crippen LogP contribution in [0.15, 0.2) is 0 Å². The molecule has 1 aromatic rings. The van der Waals surface area contributed by atoms with Gasteiger partial charge in [-0.15, -0.1) is 5.10 Å². The van der Waals surface area contributed by atoms with Crippen LogP contribution in [0.3, 0.4) is 0 Å². The molecule has 0 aliphatic rings. The van der Waals surface area contributed by atoms with Crippen molar-refractivity contribution in [2.24, 2.45) is 0 Å². The van der Waals surface area contributed by atoms with E-state index >= 15 is 0 Å². The van der Waals surface area contributed by atoms with Gasteiger partial charge in [0.1, 0.15) is 0 Å². The van der Waals surface area contributed by atoms with Crippen LogP contribution >= 0.6 is 0 Å². The number of methoxy groups -OCH3 is 1. The van der Waals surface area contributed by atoms with Crippen molar-refractivity contribution in [2.45, 2.75) is 19.4 Å². The Morgan fingerprint density at radius 2 is 2.43 bits per heavy atom. The summed E-state index contributed by atoms with van der Waals surface area (Å²) in [5, 5.41) is 19.4. The van der Waals surface area contributed by atoms with E-state index in [-0.39, 0.29) is 6.42 Å². The van der Waals surface area contributed by atoms with Gasteiger partial charge in [0.25, 0.3) is 0 Å². The first-order chi connectivity index (χ1) is 6.74. The number of carbonyl (C=O) groups is 1. The summed E-state index contributed by atoms with van der Waals surface area (Å²) in [6.07, 6.45) is 0.605. The van der Waals surface area contributed by atoms with E-state index in [1.807, 2.05) is 0 Å². The summed E-state index contributed by atoms with van der Waals surface area (Å²) in [4.78, 5) is 10.3. The molecule has 1 aromatic heterocycles. The standard InChI is InChI=1S/C7H12N4O3/c1-14-5-3-6-8-9-10-11(6)4-2-7(12)13/h2-5H2,1H3,(H,12,13). The number of carboxylic acid groups (broad SMARTS) is 1. The molecular formula is C7H12N4O3. The molecule has 7 nitrogen and oxygen atoms in total. The van der Waals surface area contributed by atoms with E-state index in [1.54, 1.807) is 7.11 Å². The van der Waals surface area contributed by atoms with Gasteiger partial charge in [-0.05, 0) is 10.4 Å². The largest absolute Gasteiger partial charge is 0.481 e. The summed E-state index contributed by atoms with van der Waals surface area (Å²) in [5.41, 5.74) is 0. The van der Waals surface area contributed by atoms with E-state index in [0.717, 1.165) is 0 Å². The Balaban J connectivity index is 2.49. The van der Waals surface area contributed by atoms with Crippen molar-refractivity contribution in [3.8, 4) is 0 Å². The number of hydrogen-bond donors (Lipinski definition) is 1. The quantitative estimate of drug-likeness (QED) is 0.655. The normalized spacial score (nSPS) is 10.4. The number of hydrogen-bond acceptors (Lipinski definition) is 5. The highest BCUT2D eigenvalue weighted by molar-refractivity contribution is 5.66. The maximum Gasteiger partial charge on any atom is 0.305 e. The summed E-state index contributed by atoms with van der Waals surface area (Å²) >= 11 is 0. The van der Waals surface area contributed by atoms with Gasteiger partial charge in [0.15, 0.2) is 5.82 Å². The molecule has 1 rings (SSSR count). The van der Waals surface area contributed by atoms with Crippen LogP contribution in [0.2, 0.25) is 0 Å². The molecule has 0 saturated carbocycles. The van der Waals surface area contributed by atoms with E-state index in [4.69, 9.17) is 9.84 Å². The lowest BCUT2D eigenvalue weighted by Crippen LogP contribution is -2.11. The van der Waals surface area contributed by atoms with E-state index in [2.05, 4.69) is 15.5 Å². The Labute approximate surface area is 80.7 Å². The molecule has 7 heteroatoms. The summed E-state index contributed by atoms with van der Waals surface area (Å²) < 4.78 is 6.35. The Morgan fingerprint density at radius 3 is 3.07 bits per heavy atom. The highest BCUT2D eigenvalue weighted by Gasteiger charge is 2.06. The van der Waals surface area contributed by atoms with Crippen LogP contribution < -0.4 is 0 Å². The number of nitrogens with zero attached hydrogens (tertiary/aromatic N) is 4. The number of aromatic nitrogens is 4. The minimum atomic E-state index is -0.863. The number of aliphatic carboxylic acids is 1. The third kappa shape index (κ3) is 3.09. The Bertz CT molecular complexity index is 299. The van der Waals surface area contributed by atoms with Crippen LogP contribution in [0.25, 0.3) is 0 Å². The maximum absolute atomic E-state index is 10.3. The van der Waals surface area contributed by atoms with Gasteiger partial charge in [0, 0.05) is 13.5 Å². The third-order valence-electron chi connectivity index (χ3n) is 1.67. The molecule has 14 heavy (non-hydrogen) atoms. The molecule has 0 spiro atoms. The first-order valence-corrected chi connectivity index (χ1v) is 4.20. The minimum absolute atomic E-state index is 0.0189. The molecule has 0 amide bonds. The van der Waals surface area contributed by atoms with Crippen molar-refractivity contribution < 1.29 is 14.6 Å². The molecule has 0 fully saturated rings. The molecule has 0 atom stereocenters. The molecular weight excluding hydrogens is 188 g/mol. The van der Waals surface area contributed by atoms with Gasteiger partial charge in [-0.1, -0.05) is 0 Å². The Hall–Kier alpha value is -1.50. The van der Waals surface area contributed by atoms with Crippen molar-refractivity contribution >= 4 is 5.97 Å². The van der Waals surface area contributed by atoms with Gasteiger partial charge in [0.05, 0.1) is 19.6 Å². The summed E-state index contributed by atoms with van der Waals surface area (Å²) in [7, 11) is 1.59. The second-order valence-electron chi connectivity index (χ2n) is 2.70. The number of ether oxygens (including phenoxy) is 1. The molecule has 0 bridgehead atoms. The van der Waals surface area contributed by atoms with Gasteiger partial charge in [0.2, 0.25) is 0 Å². The number of tetrazole rings is 1. The zero-order valence-corrected chi connectivity index (χ0v) is 7.88. The third-order valence-corrected chi connectivity index (χ3v) is 1.67. The van der Waals surface area contributed by atoms with Gasteiger partial charge in [-0.2, -0.15) is 0 Å². The number of rotatable bonds is 6. The zero-order valence-electron chi connectivity index (χ0n) is 7.88. The van der Waals surface area contributed by atoms with E-state index in [0.29, 0.717) is 25.4 Å². The van der Waals surface area contributed by atoms with Crippen LogP contribution in [0, 0.1) is 0 Å². The molecule has 0 aromatic carbocycles. The summed E-state index contributed by atoms with van der Waals surface area (Å²) in [5.74, 6) is -0.216. The fraction of sp³-hybridized carbons (Fsp3) is 0.714. The van der Waals surface area contributed by atoms with Gasteiger partial charge in [-0.3, -0.25) is 4.79 Å². The maximum atomic E-state index is 10.3. The van der Waals surface area contributed by atoms with E-state index in [9.17, 15) is 4.79 Å². The predicted octanol–water partition coefficient (Wildman–Crippen LogP) is -0.663. The lowest BCUT2D eigenvalue weighted by Gasteiger charge is -2.01. The van der Waals surface area contributed by atoms with E-state index in [1.165, 1.54) is 4.68 Å². The van der Waals surface area contributed by atoms with Crippen LogP contribution in [0.1, 0.15) is 12.2 Å². The summed E-state index contributed by atoms with van der Waals surface area (Å²) in [6.45, 7) is 0.814. The van der Waals surface area contributed by atoms with Crippen molar-refractivity contribution in [3.05, 3.63) is 5.82 Å². The first-order valence-electron chi connectivity index (χ1n) is 4.20. The second kappa shape index (κ2) is 5.28. The van der Waals surface area contributed by atoms with Crippen LogP contribution in [-0.4, -0.2) is 45.0 Å². The Kier molecular flexibility index (Phi) is 3.99. The molecule has 78 valence electrons. The highest BCUT2D eigenvalue weighted by Crippen LogP contribution is 1.96. The minimum Gasteiger partial charge on any atom is -0.481 e. The molecule has 1 N–H and O–H groups in total. The average molecular weight is 200 g/mol. The fourth-order valence-electron chi connectivity index (χ4n) is 0.971. The number of carboxylic acids is 1. The lowest BCUT2D eigenvalue weighted by molar-refractivity contribution is -0.137. The Morgan fingerprint density at radius 1 is 1.64 bits per heavy atom. The average Bonchev–Trinajstić information content (AvgIpc) is 2.58. The summed E-state index contributed by atoms with van der Waals surface area (Å²) in [6, 6.07) is 0. The topological polar surface area (TPSA) is 90.1 Å². The SMILES string of the molecule is COCCc1nnnn1CCC(=O)O. The van der Waals surface area contributed by atoms with Crippen LogP contribution in [0.4, 0.5) is 0 Å². The smallest absolute Gasteiger partial charge is 0.305 e. The van der Waals surface area contributed by atoms with Crippen molar-refractivity contribution in [2.75, 3.05) is 13.7 Å². The van der Waals surface area contributed by atoms with Gasteiger partial charge < -0.3 is 9.84 Å². The number of aryl methyl sites for hydroxylation is 1. The highest BCUT2D eigenvalue weighted by atomic mass is 16.5. The van der Waals surface area contributed by atoms with Crippen molar-refractivity contribution in [1.29, 1.82) is 0 Å². The fourth-order valence-corrected chi connectivity index (χ4v) is 0.971. The van der Waals surface area contributed by atoms with E-state index < -0.39 is 5.97 Å². The van der Waals surface area contributed by atoms with Gasteiger partial charge >= 0.3 is 5.97 Å². The molecule has 0 unspecified atom stereocenters. The first kappa shape index (κ1) is 10.6. The van der Waals surface area contributed by atoms with Crippen LogP contribution in [0.5, 0.6) is 0 Å². The van der Waals surface area contributed by atoms with Crippen molar-refractivity contribution in [3.63, 3.8) is 0 Å². The van der Waals surface area contributed by atoms with Gasteiger partial charge in [-0.25, -0.2) is 4.68 Å². The molecule has 0 radical (unpaired) electrons. The molecule has 0 aliphatic heterocycles. The second-order valence-corrected chi connectivity index (χ2v) is 2.70. The van der Waals surface area contributed by atoms with Crippen LogP contribution in [-0.2, 0) is 22.5 Å². The molecule has 0 aliphatic carbocycles. The molecule has 0 saturated heterocycles.